The van der Waals surface area contributed by atoms with Gasteiger partial charge in [0.2, 0.25) is 21.8 Å². The first-order chi connectivity index (χ1) is 17.0. The lowest BCUT2D eigenvalue weighted by Crippen LogP contribution is -2.53. The average Bonchev–Trinajstić information content (AvgIpc) is 2.83. The van der Waals surface area contributed by atoms with E-state index in [0.717, 1.165) is 42.7 Å². The highest BCUT2D eigenvalue weighted by atomic mass is 35.5. The van der Waals surface area contributed by atoms with Gasteiger partial charge in [-0.05, 0) is 44.0 Å². The lowest BCUT2D eigenvalue weighted by Gasteiger charge is -2.33. The van der Waals surface area contributed by atoms with Crippen molar-refractivity contribution in [3.63, 3.8) is 0 Å². The van der Waals surface area contributed by atoms with Gasteiger partial charge in [0.15, 0.2) is 0 Å². The van der Waals surface area contributed by atoms with E-state index in [1.807, 2.05) is 0 Å². The van der Waals surface area contributed by atoms with Crippen LogP contribution in [0, 0.1) is 5.82 Å². The van der Waals surface area contributed by atoms with Gasteiger partial charge in [-0.25, -0.2) is 12.8 Å². The number of nitrogens with zero attached hydrogens (tertiary/aromatic N) is 2. The van der Waals surface area contributed by atoms with Crippen molar-refractivity contribution in [2.75, 3.05) is 17.1 Å². The van der Waals surface area contributed by atoms with Crippen molar-refractivity contribution in [3.05, 3.63) is 63.9 Å². The number of anilines is 1. The largest absolute Gasteiger partial charge is 0.352 e. The zero-order valence-corrected chi connectivity index (χ0v) is 22.5. The molecule has 1 fully saturated rings. The van der Waals surface area contributed by atoms with E-state index in [-0.39, 0.29) is 39.8 Å². The summed E-state index contributed by atoms with van der Waals surface area (Å²) in [5.74, 6) is -1.60. The monoisotopic (exact) mass is 557 g/mol. The normalized spacial score (nSPS) is 15.2. The molecule has 7 nitrogen and oxygen atoms in total. The van der Waals surface area contributed by atoms with Gasteiger partial charge >= 0.3 is 0 Å². The molecule has 196 valence electrons. The summed E-state index contributed by atoms with van der Waals surface area (Å²) in [7, 11) is -3.97. The predicted molar refractivity (Wildman–Crippen MR) is 140 cm³/mol. The highest BCUT2D eigenvalue weighted by Crippen LogP contribution is 2.31. The number of hydrogen-bond donors (Lipinski definition) is 1. The molecule has 0 bridgehead atoms. The third kappa shape index (κ3) is 7.33. The smallest absolute Gasteiger partial charge is 0.244 e. The third-order valence-electron chi connectivity index (χ3n) is 6.27. The Morgan fingerprint density at radius 2 is 1.78 bits per heavy atom. The summed E-state index contributed by atoms with van der Waals surface area (Å²) in [5.41, 5.74) is 0.236. The van der Waals surface area contributed by atoms with Crippen molar-refractivity contribution >= 4 is 50.7 Å². The van der Waals surface area contributed by atoms with E-state index in [4.69, 9.17) is 23.2 Å². The summed E-state index contributed by atoms with van der Waals surface area (Å²) in [6, 6.07) is 9.24. The molecule has 1 aliphatic carbocycles. The van der Waals surface area contributed by atoms with Gasteiger partial charge in [-0.3, -0.25) is 13.9 Å². The molecule has 2 amide bonds. The topological polar surface area (TPSA) is 86.8 Å². The van der Waals surface area contributed by atoms with Crippen molar-refractivity contribution in [2.45, 2.75) is 57.7 Å². The molecule has 1 atom stereocenters. The summed E-state index contributed by atoms with van der Waals surface area (Å²) in [6.07, 6.45) is 5.80. The van der Waals surface area contributed by atoms with Gasteiger partial charge in [0, 0.05) is 23.2 Å². The fraction of sp³-hybridized carbons (Fsp3) is 0.440. The molecule has 0 spiro atoms. The van der Waals surface area contributed by atoms with Crippen LogP contribution in [0.15, 0.2) is 42.5 Å². The highest BCUT2D eigenvalue weighted by molar-refractivity contribution is 7.92. The molecule has 1 unspecified atom stereocenters. The molecule has 0 heterocycles. The van der Waals surface area contributed by atoms with E-state index in [1.165, 1.54) is 41.3 Å². The molecule has 1 N–H and O–H groups in total. The van der Waals surface area contributed by atoms with Crippen molar-refractivity contribution < 1.29 is 22.4 Å². The van der Waals surface area contributed by atoms with Crippen molar-refractivity contribution in [1.29, 1.82) is 0 Å². The van der Waals surface area contributed by atoms with Crippen LogP contribution in [0.2, 0.25) is 10.0 Å². The van der Waals surface area contributed by atoms with Crippen molar-refractivity contribution in [3.8, 4) is 0 Å². The van der Waals surface area contributed by atoms with E-state index in [0.29, 0.717) is 0 Å². The van der Waals surface area contributed by atoms with Crippen molar-refractivity contribution in [1.82, 2.24) is 10.2 Å². The Balaban J connectivity index is 1.91. The fourth-order valence-electron chi connectivity index (χ4n) is 4.23. The minimum Gasteiger partial charge on any atom is -0.352 e. The van der Waals surface area contributed by atoms with Crippen LogP contribution in [0.3, 0.4) is 0 Å². The number of amides is 2. The molecular formula is C25H30Cl2FN3O4S. The quantitative estimate of drug-likeness (QED) is 0.481. The second-order valence-corrected chi connectivity index (χ2v) is 11.7. The number of hydrogen-bond acceptors (Lipinski definition) is 4. The molecular weight excluding hydrogens is 528 g/mol. The van der Waals surface area contributed by atoms with E-state index < -0.39 is 34.3 Å². The summed E-state index contributed by atoms with van der Waals surface area (Å²) in [6.45, 7) is 0.689. The fourth-order valence-corrected chi connectivity index (χ4v) is 5.52. The number of rotatable bonds is 9. The number of nitrogens with one attached hydrogen (secondary N) is 1. The minimum atomic E-state index is -3.97. The van der Waals surface area contributed by atoms with Crippen LogP contribution >= 0.6 is 23.2 Å². The third-order valence-corrected chi connectivity index (χ3v) is 7.95. The Kier molecular flexibility index (Phi) is 9.60. The summed E-state index contributed by atoms with van der Waals surface area (Å²) < 4.78 is 40.6. The van der Waals surface area contributed by atoms with Crippen LogP contribution in [-0.2, 0) is 26.2 Å². The summed E-state index contributed by atoms with van der Waals surface area (Å²) >= 11 is 12.3. The Hall–Kier alpha value is -2.36. The second-order valence-electron chi connectivity index (χ2n) is 9.00. The number of halogens is 3. The highest BCUT2D eigenvalue weighted by Gasteiger charge is 2.32. The van der Waals surface area contributed by atoms with Crippen LogP contribution < -0.4 is 9.62 Å². The van der Waals surface area contributed by atoms with Gasteiger partial charge in [0.05, 0.1) is 17.0 Å². The molecule has 0 aliphatic heterocycles. The lowest BCUT2D eigenvalue weighted by atomic mass is 9.95. The molecule has 3 rings (SSSR count). The number of carbonyl (C=O) groups is 2. The zero-order chi connectivity index (χ0) is 26.5. The van der Waals surface area contributed by atoms with Crippen LogP contribution in [0.4, 0.5) is 10.1 Å². The van der Waals surface area contributed by atoms with E-state index in [9.17, 15) is 22.4 Å². The molecule has 0 saturated heterocycles. The van der Waals surface area contributed by atoms with Gasteiger partial charge in [0.1, 0.15) is 18.4 Å². The Morgan fingerprint density at radius 3 is 2.42 bits per heavy atom. The number of benzene rings is 2. The maximum Gasteiger partial charge on any atom is 0.244 e. The van der Waals surface area contributed by atoms with Gasteiger partial charge < -0.3 is 10.2 Å². The molecule has 36 heavy (non-hydrogen) atoms. The predicted octanol–water partition coefficient (Wildman–Crippen LogP) is 4.76. The summed E-state index contributed by atoms with van der Waals surface area (Å²) in [5, 5.41) is 3.31. The number of sulfonamides is 1. The van der Waals surface area contributed by atoms with Crippen LogP contribution in [0.5, 0.6) is 0 Å². The molecule has 11 heteroatoms. The maximum atomic E-state index is 14.5. The standard InChI is InChI=1S/C25H30Cl2FN3O4S/c1-17(25(33)29-20-9-4-3-5-10-20)30(15-18-8-6-7-11-22(18)28)24(32)16-31(36(2,34)35)23-14-19(26)12-13-21(23)27/h6-8,11-14,17,20H,3-5,9-10,15-16H2,1-2H3,(H,29,33). The SMILES string of the molecule is CC(C(=O)NC1CCCCC1)N(Cc1ccccc1F)C(=O)CN(c1cc(Cl)ccc1Cl)S(C)(=O)=O. The van der Waals surface area contributed by atoms with Gasteiger partial charge in [-0.1, -0.05) is 60.7 Å². The molecule has 2 aromatic rings. The Bertz CT molecular complexity index is 1210. The second kappa shape index (κ2) is 12.3. The molecule has 0 aromatic heterocycles. The first kappa shape index (κ1) is 28.2. The molecule has 1 aliphatic rings. The summed E-state index contributed by atoms with van der Waals surface area (Å²) in [4.78, 5) is 27.9. The van der Waals surface area contributed by atoms with Crippen molar-refractivity contribution in [2.24, 2.45) is 0 Å². The van der Waals surface area contributed by atoms with E-state index in [1.54, 1.807) is 13.0 Å². The average molecular weight is 559 g/mol. The minimum absolute atomic E-state index is 0.0110. The van der Waals surface area contributed by atoms with Gasteiger partial charge in [0.25, 0.3) is 0 Å². The van der Waals surface area contributed by atoms with E-state index in [2.05, 4.69) is 5.32 Å². The van der Waals surface area contributed by atoms with Crippen LogP contribution in [0.25, 0.3) is 0 Å². The molecule has 2 aromatic carbocycles. The first-order valence-electron chi connectivity index (χ1n) is 11.7. The maximum absolute atomic E-state index is 14.5. The number of carbonyl (C=O) groups excluding carboxylic acids is 2. The van der Waals surface area contributed by atoms with Gasteiger partial charge in [-0.2, -0.15) is 0 Å². The first-order valence-corrected chi connectivity index (χ1v) is 14.3. The zero-order valence-electron chi connectivity index (χ0n) is 20.2. The lowest BCUT2D eigenvalue weighted by molar-refractivity contribution is -0.139. The van der Waals surface area contributed by atoms with Crippen LogP contribution in [0.1, 0.15) is 44.6 Å². The molecule has 0 radical (unpaired) electrons. The Morgan fingerprint density at radius 1 is 1.11 bits per heavy atom. The van der Waals surface area contributed by atoms with Crippen LogP contribution in [-0.4, -0.2) is 50.0 Å². The molecule has 1 saturated carbocycles. The van der Waals surface area contributed by atoms with Gasteiger partial charge in [-0.15, -0.1) is 0 Å². The Labute approximate surface area is 221 Å². The van der Waals surface area contributed by atoms with E-state index >= 15 is 0 Å².